The molecular formula is C34H33NO3. The van der Waals surface area contributed by atoms with Crippen LogP contribution in [0.3, 0.4) is 0 Å². The van der Waals surface area contributed by atoms with Gasteiger partial charge in [0.15, 0.2) is 5.78 Å². The Labute approximate surface area is 224 Å². The third-order valence-corrected chi connectivity index (χ3v) is 10.1. The molecule has 0 saturated heterocycles. The lowest BCUT2D eigenvalue weighted by atomic mass is 9.48. The molecule has 0 radical (unpaired) electrons. The number of nitrogens with zero attached hydrogens (tertiary/aromatic N) is 1. The van der Waals surface area contributed by atoms with Gasteiger partial charge < -0.3 is 10.2 Å². The molecule has 0 aromatic heterocycles. The lowest BCUT2D eigenvalue weighted by Crippen LogP contribution is -2.54. The topological polar surface area (TPSA) is 81.3 Å². The van der Waals surface area contributed by atoms with E-state index in [2.05, 4.69) is 61.3 Å². The standard InChI is InChI=1S/C34H33NO3/c1-33-20-30(25-9-7-24(8-10-25)23-5-3-22(21-35)4-6-23)32-28-14-12-27(37)19-26(28)11-13-29(32)31(33)15-17-34(33,38)16-2-18-36/h3-11,13,19,28-32,36,38H,12,14-15,17-18,20H2,1H3/t28-,29-,30+,31-,32+,33-,34-/m0/s1. The van der Waals surface area contributed by atoms with Crippen LogP contribution in [0.4, 0.5) is 0 Å². The molecule has 192 valence electrons. The van der Waals surface area contributed by atoms with E-state index in [1.807, 2.05) is 30.3 Å². The van der Waals surface area contributed by atoms with E-state index in [1.165, 1.54) is 11.1 Å². The Balaban J connectivity index is 1.42. The number of carbonyl (C=O) groups excluding carboxylic acids is 1. The van der Waals surface area contributed by atoms with Gasteiger partial charge in [-0.1, -0.05) is 67.3 Å². The number of hydrogen-bond acceptors (Lipinski definition) is 4. The Hall–Kier alpha value is -3.44. The molecule has 4 aliphatic carbocycles. The quantitative estimate of drug-likeness (QED) is 0.526. The van der Waals surface area contributed by atoms with Crippen molar-refractivity contribution < 1.29 is 15.0 Å². The van der Waals surface area contributed by atoms with Crippen LogP contribution >= 0.6 is 0 Å². The molecule has 4 nitrogen and oxygen atoms in total. The minimum Gasteiger partial charge on any atom is -0.384 e. The van der Waals surface area contributed by atoms with Crippen molar-refractivity contribution in [3.05, 3.63) is 83.5 Å². The van der Waals surface area contributed by atoms with Gasteiger partial charge in [0.2, 0.25) is 0 Å². The molecule has 7 atom stereocenters. The SMILES string of the molecule is C[C@]12C[C@H](c3ccc(-c4ccc(C#N)cc4)cc3)[C@H]3[C@@H](C=CC4=CC(=O)CC[C@@H]43)[C@@H]1CC[C@@]2(O)C#CCO. The maximum atomic E-state index is 12.3. The zero-order valence-corrected chi connectivity index (χ0v) is 21.7. The van der Waals surface area contributed by atoms with Gasteiger partial charge in [-0.15, -0.1) is 0 Å². The van der Waals surface area contributed by atoms with E-state index in [0.717, 1.165) is 30.4 Å². The third-order valence-electron chi connectivity index (χ3n) is 10.1. The lowest BCUT2D eigenvalue weighted by Gasteiger charge is -2.56. The average Bonchev–Trinajstić information content (AvgIpc) is 3.21. The van der Waals surface area contributed by atoms with Crippen LogP contribution in [0.25, 0.3) is 11.1 Å². The Morgan fingerprint density at radius 1 is 1.03 bits per heavy atom. The summed E-state index contributed by atoms with van der Waals surface area (Å²) >= 11 is 0. The van der Waals surface area contributed by atoms with Crippen molar-refractivity contribution in [3.63, 3.8) is 0 Å². The van der Waals surface area contributed by atoms with E-state index in [4.69, 9.17) is 5.26 Å². The van der Waals surface area contributed by atoms with E-state index in [9.17, 15) is 15.0 Å². The molecule has 2 aromatic rings. The van der Waals surface area contributed by atoms with Crippen molar-refractivity contribution in [2.45, 2.75) is 50.5 Å². The van der Waals surface area contributed by atoms with Gasteiger partial charge in [0.05, 0.1) is 11.6 Å². The first-order valence-corrected chi connectivity index (χ1v) is 13.7. The number of fused-ring (bicyclic) bond motifs is 5. The fraction of sp³-hybridized carbons (Fsp3) is 0.412. The molecule has 2 saturated carbocycles. The number of benzene rings is 2. The van der Waals surface area contributed by atoms with Gasteiger partial charge in [-0.05, 0) is 95.7 Å². The second kappa shape index (κ2) is 9.39. The normalized spacial score (nSPS) is 35.2. The minimum atomic E-state index is -1.13. The highest BCUT2D eigenvalue weighted by atomic mass is 16.3. The van der Waals surface area contributed by atoms with E-state index in [0.29, 0.717) is 42.1 Å². The molecule has 0 spiro atoms. The van der Waals surface area contributed by atoms with Crippen molar-refractivity contribution in [2.75, 3.05) is 6.61 Å². The van der Waals surface area contributed by atoms with Gasteiger partial charge >= 0.3 is 0 Å². The Morgan fingerprint density at radius 3 is 2.42 bits per heavy atom. The van der Waals surface area contributed by atoms with Gasteiger partial charge in [0, 0.05) is 11.8 Å². The van der Waals surface area contributed by atoms with Crippen LogP contribution in [0.2, 0.25) is 0 Å². The maximum absolute atomic E-state index is 12.3. The number of ketones is 1. The van der Waals surface area contributed by atoms with Crippen LogP contribution in [0.15, 0.2) is 72.3 Å². The molecule has 4 aliphatic rings. The molecule has 38 heavy (non-hydrogen) atoms. The molecule has 2 fully saturated rings. The summed E-state index contributed by atoms with van der Waals surface area (Å²) in [6.45, 7) is 1.95. The first-order valence-electron chi connectivity index (χ1n) is 13.7. The Morgan fingerprint density at radius 2 is 1.74 bits per heavy atom. The molecule has 6 rings (SSSR count). The summed E-state index contributed by atoms with van der Waals surface area (Å²) in [5.41, 5.74) is 3.72. The van der Waals surface area contributed by atoms with Gasteiger partial charge in [-0.2, -0.15) is 5.26 Å². The predicted molar refractivity (Wildman–Crippen MR) is 147 cm³/mol. The largest absolute Gasteiger partial charge is 0.384 e. The smallest absolute Gasteiger partial charge is 0.155 e. The van der Waals surface area contributed by atoms with Crippen molar-refractivity contribution in [3.8, 4) is 29.0 Å². The third kappa shape index (κ3) is 3.87. The average molecular weight is 504 g/mol. The van der Waals surface area contributed by atoms with E-state index >= 15 is 0 Å². The molecule has 0 aliphatic heterocycles. The summed E-state index contributed by atoms with van der Waals surface area (Å²) in [7, 11) is 0. The van der Waals surface area contributed by atoms with Crippen LogP contribution in [0, 0.1) is 52.3 Å². The Bertz CT molecular complexity index is 1420. The fourth-order valence-corrected chi connectivity index (χ4v) is 8.18. The van der Waals surface area contributed by atoms with E-state index in [1.54, 1.807) is 0 Å². The number of aliphatic hydroxyl groups excluding tert-OH is 1. The molecule has 2 aromatic carbocycles. The Kier molecular flexibility index (Phi) is 6.14. The second-order valence-electron chi connectivity index (χ2n) is 11.8. The van der Waals surface area contributed by atoms with Crippen LogP contribution in [-0.2, 0) is 4.79 Å². The van der Waals surface area contributed by atoms with Crippen molar-refractivity contribution in [1.82, 2.24) is 0 Å². The molecule has 0 bridgehead atoms. The summed E-state index contributed by atoms with van der Waals surface area (Å²) in [5.74, 6) is 7.58. The number of nitriles is 1. The van der Waals surface area contributed by atoms with Crippen molar-refractivity contribution >= 4 is 5.78 Å². The maximum Gasteiger partial charge on any atom is 0.155 e. The van der Waals surface area contributed by atoms with Crippen LogP contribution in [-0.4, -0.2) is 28.2 Å². The summed E-state index contributed by atoms with van der Waals surface area (Å²) < 4.78 is 0. The number of rotatable bonds is 2. The number of allylic oxidation sites excluding steroid dienone is 4. The van der Waals surface area contributed by atoms with Gasteiger partial charge in [0.25, 0.3) is 0 Å². The number of aliphatic hydroxyl groups is 2. The fourth-order valence-electron chi connectivity index (χ4n) is 8.18. The molecule has 0 unspecified atom stereocenters. The number of hydrogen-bond donors (Lipinski definition) is 2. The van der Waals surface area contributed by atoms with Crippen molar-refractivity contribution in [2.24, 2.45) is 29.1 Å². The number of carbonyl (C=O) groups is 1. The molecule has 0 amide bonds. The monoisotopic (exact) mass is 503 g/mol. The molecule has 2 N–H and O–H groups in total. The summed E-state index contributed by atoms with van der Waals surface area (Å²) in [6.07, 6.45) is 10.2. The summed E-state index contributed by atoms with van der Waals surface area (Å²) in [6, 6.07) is 18.6. The van der Waals surface area contributed by atoms with E-state index in [-0.39, 0.29) is 18.3 Å². The van der Waals surface area contributed by atoms with E-state index < -0.39 is 11.0 Å². The lowest BCUT2D eigenvalue weighted by molar-refractivity contribution is -0.116. The first-order chi connectivity index (χ1) is 18.4. The highest BCUT2D eigenvalue weighted by Gasteiger charge is 2.64. The molecule has 0 heterocycles. The second-order valence-corrected chi connectivity index (χ2v) is 11.8. The van der Waals surface area contributed by atoms with Crippen molar-refractivity contribution in [1.29, 1.82) is 5.26 Å². The van der Waals surface area contributed by atoms with Gasteiger partial charge in [-0.3, -0.25) is 4.79 Å². The predicted octanol–water partition coefficient (Wildman–Crippen LogP) is 5.56. The molecular weight excluding hydrogens is 470 g/mol. The molecule has 4 heteroatoms. The van der Waals surface area contributed by atoms with Crippen LogP contribution in [0.1, 0.15) is 56.1 Å². The van der Waals surface area contributed by atoms with Gasteiger partial charge in [0.1, 0.15) is 12.2 Å². The summed E-state index contributed by atoms with van der Waals surface area (Å²) in [5, 5.41) is 30.4. The first kappa shape index (κ1) is 24.9. The minimum absolute atomic E-state index is 0.211. The van der Waals surface area contributed by atoms with Crippen LogP contribution < -0.4 is 0 Å². The summed E-state index contributed by atoms with van der Waals surface area (Å²) in [4.78, 5) is 12.3. The van der Waals surface area contributed by atoms with Crippen LogP contribution in [0.5, 0.6) is 0 Å². The van der Waals surface area contributed by atoms with Gasteiger partial charge in [-0.25, -0.2) is 0 Å². The highest BCUT2D eigenvalue weighted by Crippen LogP contribution is 2.67. The zero-order valence-electron chi connectivity index (χ0n) is 21.7. The highest BCUT2D eigenvalue weighted by molar-refractivity contribution is 5.92. The zero-order chi connectivity index (χ0) is 26.5.